The molecular formula is C14H9BrF2N2. The predicted octanol–water partition coefficient (Wildman–Crippen LogP) is 4.21. The molecule has 2 rings (SSSR count). The average Bonchev–Trinajstić information content (AvgIpc) is 2.39. The van der Waals surface area contributed by atoms with Gasteiger partial charge in [0.25, 0.3) is 0 Å². The second-order valence-electron chi connectivity index (χ2n) is 3.90. The maximum absolute atomic E-state index is 13.6. The summed E-state index contributed by atoms with van der Waals surface area (Å²) in [6, 6.07) is 10.7. The van der Waals surface area contributed by atoms with Crippen molar-refractivity contribution >= 4 is 21.6 Å². The third-order valence-electron chi connectivity index (χ3n) is 2.58. The summed E-state index contributed by atoms with van der Waals surface area (Å²) in [5.41, 5.74) is 0.935. The number of halogens is 3. The van der Waals surface area contributed by atoms with Crippen molar-refractivity contribution in [2.24, 2.45) is 0 Å². The lowest BCUT2D eigenvalue weighted by atomic mass is 10.1. The van der Waals surface area contributed by atoms with E-state index in [0.717, 1.165) is 6.07 Å². The van der Waals surface area contributed by atoms with E-state index in [4.69, 9.17) is 5.26 Å². The second kappa shape index (κ2) is 5.81. The summed E-state index contributed by atoms with van der Waals surface area (Å²) in [5.74, 6) is -0.896. The standard InChI is InChI=1S/C14H9BrF2N2/c15-11-3-4-14(13(17)6-11)19-8-10-2-1-9(7-18)5-12(10)16/h1-6,19H,8H2. The van der Waals surface area contributed by atoms with Crippen LogP contribution in [0, 0.1) is 23.0 Å². The molecule has 1 N–H and O–H groups in total. The Bertz CT molecular complexity index is 650. The van der Waals surface area contributed by atoms with Crippen molar-refractivity contribution in [1.82, 2.24) is 0 Å². The Morgan fingerprint density at radius 2 is 1.89 bits per heavy atom. The highest BCUT2D eigenvalue weighted by atomic mass is 79.9. The van der Waals surface area contributed by atoms with Crippen molar-refractivity contribution in [3.05, 3.63) is 63.6 Å². The first-order valence-electron chi connectivity index (χ1n) is 5.47. The van der Waals surface area contributed by atoms with Crippen molar-refractivity contribution < 1.29 is 8.78 Å². The van der Waals surface area contributed by atoms with Gasteiger partial charge in [0.15, 0.2) is 0 Å². The van der Waals surface area contributed by atoms with E-state index >= 15 is 0 Å². The van der Waals surface area contributed by atoms with E-state index in [0.29, 0.717) is 15.7 Å². The molecule has 0 fully saturated rings. The first-order valence-corrected chi connectivity index (χ1v) is 6.27. The molecule has 2 aromatic carbocycles. The molecule has 5 heteroatoms. The molecule has 2 nitrogen and oxygen atoms in total. The quantitative estimate of drug-likeness (QED) is 0.918. The van der Waals surface area contributed by atoms with E-state index in [-0.39, 0.29) is 12.1 Å². The van der Waals surface area contributed by atoms with Crippen LogP contribution in [0.3, 0.4) is 0 Å². The van der Waals surface area contributed by atoms with Gasteiger partial charge in [0.1, 0.15) is 11.6 Å². The molecule has 2 aromatic rings. The van der Waals surface area contributed by atoms with E-state index in [2.05, 4.69) is 21.2 Å². The number of benzene rings is 2. The average molecular weight is 323 g/mol. The summed E-state index contributed by atoms with van der Waals surface area (Å²) in [4.78, 5) is 0. The largest absolute Gasteiger partial charge is 0.378 e. The monoisotopic (exact) mass is 322 g/mol. The molecule has 19 heavy (non-hydrogen) atoms. The lowest BCUT2D eigenvalue weighted by molar-refractivity contribution is 0.610. The van der Waals surface area contributed by atoms with E-state index in [9.17, 15) is 8.78 Å². The summed E-state index contributed by atoms with van der Waals surface area (Å²) >= 11 is 3.16. The molecule has 0 aromatic heterocycles. The van der Waals surface area contributed by atoms with E-state index in [1.165, 1.54) is 18.2 Å². The summed E-state index contributed by atoms with van der Waals surface area (Å²) in [6.45, 7) is 0.149. The highest BCUT2D eigenvalue weighted by Gasteiger charge is 2.06. The molecule has 0 saturated heterocycles. The van der Waals surface area contributed by atoms with E-state index < -0.39 is 11.6 Å². The van der Waals surface area contributed by atoms with Crippen LogP contribution in [0.5, 0.6) is 0 Å². The van der Waals surface area contributed by atoms with Gasteiger partial charge < -0.3 is 5.32 Å². The zero-order chi connectivity index (χ0) is 13.8. The third-order valence-corrected chi connectivity index (χ3v) is 3.08. The molecule has 96 valence electrons. The summed E-state index contributed by atoms with van der Waals surface area (Å²) in [7, 11) is 0. The lowest BCUT2D eigenvalue weighted by Crippen LogP contribution is -2.03. The van der Waals surface area contributed by atoms with Gasteiger partial charge in [-0.15, -0.1) is 0 Å². The van der Waals surface area contributed by atoms with Gasteiger partial charge in [0, 0.05) is 16.6 Å². The zero-order valence-electron chi connectivity index (χ0n) is 9.75. The van der Waals surface area contributed by atoms with Gasteiger partial charge in [-0.3, -0.25) is 0 Å². The molecule has 0 aliphatic rings. The van der Waals surface area contributed by atoms with E-state index in [1.54, 1.807) is 12.1 Å². The number of nitrogens with one attached hydrogen (secondary N) is 1. The Hall–Kier alpha value is -1.93. The molecule has 0 heterocycles. The summed E-state index contributed by atoms with van der Waals surface area (Å²) in [6.07, 6.45) is 0. The molecule has 0 radical (unpaired) electrons. The Morgan fingerprint density at radius 3 is 2.53 bits per heavy atom. The molecule has 0 saturated carbocycles. The van der Waals surface area contributed by atoms with Crippen LogP contribution in [0.15, 0.2) is 40.9 Å². The number of hydrogen-bond donors (Lipinski definition) is 1. The highest BCUT2D eigenvalue weighted by molar-refractivity contribution is 9.10. The van der Waals surface area contributed by atoms with Crippen molar-refractivity contribution in [2.75, 3.05) is 5.32 Å². The third kappa shape index (κ3) is 3.30. The van der Waals surface area contributed by atoms with Crippen LogP contribution in [-0.2, 0) is 6.54 Å². The maximum atomic E-state index is 13.6. The van der Waals surface area contributed by atoms with Gasteiger partial charge in [0.2, 0.25) is 0 Å². The van der Waals surface area contributed by atoms with E-state index in [1.807, 2.05) is 6.07 Å². The minimum atomic E-state index is -0.482. The van der Waals surface area contributed by atoms with Gasteiger partial charge in [-0.05, 0) is 30.3 Å². The molecule has 0 amide bonds. The van der Waals surface area contributed by atoms with Crippen molar-refractivity contribution in [3.63, 3.8) is 0 Å². The second-order valence-corrected chi connectivity index (χ2v) is 4.81. The Kier molecular flexibility index (Phi) is 4.13. The van der Waals surface area contributed by atoms with Crippen molar-refractivity contribution in [3.8, 4) is 6.07 Å². The van der Waals surface area contributed by atoms with Gasteiger partial charge >= 0.3 is 0 Å². The van der Waals surface area contributed by atoms with Crippen molar-refractivity contribution in [2.45, 2.75) is 6.54 Å². The molecular weight excluding hydrogens is 314 g/mol. The molecule has 0 unspecified atom stereocenters. The highest BCUT2D eigenvalue weighted by Crippen LogP contribution is 2.20. The molecule has 0 bridgehead atoms. The number of nitriles is 1. The van der Waals surface area contributed by atoms with Crippen LogP contribution >= 0.6 is 15.9 Å². The molecule has 0 aliphatic heterocycles. The van der Waals surface area contributed by atoms with Gasteiger partial charge in [-0.1, -0.05) is 22.0 Å². The minimum Gasteiger partial charge on any atom is -0.378 e. The Balaban J connectivity index is 2.13. The molecule has 0 atom stereocenters. The fraction of sp³-hybridized carbons (Fsp3) is 0.0714. The fourth-order valence-corrected chi connectivity index (χ4v) is 1.92. The number of anilines is 1. The first-order chi connectivity index (χ1) is 9.10. The smallest absolute Gasteiger partial charge is 0.147 e. The van der Waals surface area contributed by atoms with Crippen LogP contribution < -0.4 is 5.32 Å². The number of rotatable bonds is 3. The topological polar surface area (TPSA) is 35.8 Å². The maximum Gasteiger partial charge on any atom is 0.147 e. The normalized spacial score (nSPS) is 10.0. The lowest BCUT2D eigenvalue weighted by Gasteiger charge is -2.09. The molecule has 0 aliphatic carbocycles. The zero-order valence-corrected chi connectivity index (χ0v) is 11.3. The van der Waals surface area contributed by atoms with Crippen LogP contribution in [0.1, 0.15) is 11.1 Å². The van der Waals surface area contributed by atoms with Crippen LogP contribution in [0.4, 0.5) is 14.5 Å². The first kappa shape index (κ1) is 13.5. The van der Waals surface area contributed by atoms with Crippen LogP contribution in [0.25, 0.3) is 0 Å². The Labute approximate surface area is 117 Å². The van der Waals surface area contributed by atoms with Crippen molar-refractivity contribution in [1.29, 1.82) is 5.26 Å². The predicted molar refractivity (Wildman–Crippen MR) is 72.5 cm³/mol. The summed E-state index contributed by atoms with van der Waals surface area (Å²) in [5, 5.41) is 11.5. The van der Waals surface area contributed by atoms with Gasteiger partial charge in [0.05, 0.1) is 17.3 Å². The summed E-state index contributed by atoms with van der Waals surface area (Å²) < 4.78 is 27.8. The van der Waals surface area contributed by atoms with Gasteiger partial charge in [-0.2, -0.15) is 5.26 Å². The number of nitrogens with zero attached hydrogens (tertiary/aromatic N) is 1. The fourth-order valence-electron chi connectivity index (χ4n) is 1.58. The SMILES string of the molecule is N#Cc1ccc(CNc2ccc(Br)cc2F)c(F)c1. The minimum absolute atomic E-state index is 0.149. The number of hydrogen-bond acceptors (Lipinski definition) is 2. The molecule has 0 spiro atoms. The van der Waals surface area contributed by atoms with Crippen LogP contribution in [0.2, 0.25) is 0 Å². The van der Waals surface area contributed by atoms with Gasteiger partial charge in [-0.25, -0.2) is 8.78 Å². The Morgan fingerprint density at radius 1 is 1.11 bits per heavy atom. The van der Waals surface area contributed by atoms with Crippen LogP contribution in [-0.4, -0.2) is 0 Å².